The van der Waals surface area contributed by atoms with Gasteiger partial charge in [0.1, 0.15) is 0 Å². The highest BCUT2D eigenvalue weighted by atomic mass is 15.3. The van der Waals surface area contributed by atoms with Gasteiger partial charge in [-0.05, 0) is 25.5 Å². The summed E-state index contributed by atoms with van der Waals surface area (Å²) in [5, 5.41) is 12.2. The summed E-state index contributed by atoms with van der Waals surface area (Å²) < 4.78 is 3.91. The summed E-state index contributed by atoms with van der Waals surface area (Å²) in [6, 6.07) is 2.15. The zero-order valence-electron chi connectivity index (χ0n) is 12.1. The Kier molecular flexibility index (Phi) is 4.74. The molecule has 5 nitrogen and oxygen atoms in total. The molecule has 0 aromatic carbocycles. The van der Waals surface area contributed by atoms with E-state index in [1.807, 2.05) is 22.6 Å². The van der Waals surface area contributed by atoms with Crippen LogP contribution in [0.3, 0.4) is 0 Å². The van der Waals surface area contributed by atoms with E-state index in [2.05, 4.69) is 41.6 Å². The fourth-order valence-corrected chi connectivity index (χ4v) is 2.05. The predicted octanol–water partition coefficient (Wildman–Crippen LogP) is 1.73. The predicted molar refractivity (Wildman–Crippen MR) is 75.9 cm³/mol. The molecule has 0 atom stereocenters. The summed E-state index contributed by atoms with van der Waals surface area (Å²) in [5.74, 6) is 0. The number of aryl methyl sites for hydroxylation is 2. The molecule has 19 heavy (non-hydrogen) atoms. The molecule has 104 valence electrons. The summed E-state index contributed by atoms with van der Waals surface area (Å²) in [5.41, 5.74) is 3.55. The first kappa shape index (κ1) is 13.8. The van der Waals surface area contributed by atoms with Crippen molar-refractivity contribution in [2.75, 3.05) is 6.54 Å². The molecule has 0 saturated heterocycles. The van der Waals surface area contributed by atoms with Crippen molar-refractivity contribution in [3.63, 3.8) is 0 Å². The van der Waals surface area contributed by atoms with Crippen LogP contribution in [-0.4, -0.2) is 26.1 Å². The second kappa shape index (κ2) is 6.52. The molecule has 5 heteroatoms. The van der Waals surface area contributed by atoms with Crippen LogP contribution in [0.4, 0.5) is 0 Å². The number of aromatic nitrogens is 4. The normalized spacial score (nSPS) is 11.1. The second-order valence-corrected chi connectivity index (χ2v) is 4.83. The van der Waals surface area contributed by atoms with Gasteiger partial charge in [-0.3, -0.25) is 9.36 Å². The van der Waals surface area contributed by atoms with Crippen LogP contribution in [0.15, 0.2) is 18.5 Å². The van der Waals surface area contributed by atoms with Crippen LogP contribution < -0.4 is 5.32 Å². The summed E-state index contributed by atoms with van der Waals surface area (Å²) in [7, 11) is 1.99. The first-order valence-corrected chi connectivity index (χ1v) is 6.96. The minimum Gasteiger partial charge on any atom is -0.313 e. The third kappa shape index (κ3) is 3.67. The smallest absolute Gasteiger partial charge is 0.0828 e. The average molecular weight is 261 g/mol. The van der Waals surface area contributed by atoms with E-state index in [9.17, 15) is 0 Å². The molecule has 2 rings (SSSR count). The third-order valence-corrected chi connectivity index (χ3v) is 3.16. The van der Waals surface area contributed by atoms with E-state index >= 15 is 0 Å². The Morgan fingerprint density at radius 2 is 2.16 bits per heavy atom. The maximum atomic E-state index is 4.46. The molecule has 1 N–H and O–H groups in total. The number of hydrogen-bond acceptors (Lipinski definition) is 3. The summed E-state index contributed by atoms with van der Waals surface area (Å²) in [4.78, 5) is 0. The van der Waals surface area contributed by atoms with Crippen molar-refractivity contribution in [3.05, 3.63) is 35.4 Å². The van der Waals surface area contributed by atoms with Gasteiger partial charge in [0.05, 0.1) is 24.1 Å². The number of rotatable bonds is 7. The molecule has 0 aliphatic rings. The SMILES string of the molecule is CCCNCc1cnn(Cc2cc(CC)nn2C)c1. The molecule has 0 saturated carbocycles. The third-order valence-electron chi connectivity index (χ3n) is 3.16. The van der Waals surface area contributed by atoms with Crippen LogP contribution in [-0.2, 0) is 26.6 Å². The maximum absolute atomic E-state index is 4.46. The number of nitrogens with one attached hydrogen (secondary N) is 1. The van der Waals surface area contributed by atoms with E-state index in [1.54, 1.807) is 0 Å². The second-order valence-electron chi connectivity index (χ2n) is 4.83. The van der Waals surface area contributed by atoms with Gasteiger partial charge in [-0.15, -0.1) is 0 Å². The topological polar surface area (TPSA) is 47.7 Å². The van der Waals surface area contributed by atoms with Gasteiger partial charge in [-0.25, -0.2) is 0 Å². The molecular formula is C14H23N5. The minimum atomic E-state index is 0.775. The van der Waals surface area contributed by atoms with Crippen molar-refractivity contribution in [2.45, 2.75) is 39.8 Å². The lowest BCUT2D eigenvalue weighted by molar-refractivity contribution is 0.616. The lowest BCUT2D eigenvalue weighted by Crippen LogP contribution is -2.13. The molecule has 0 aliphatic heterocycles. The molecule has 2 aromatic heterocycles. The Morgan fingerprint density at radius 3 is 2.84 bits per heavy atom. The Morgan fingerprint density at radius 1 is 1.32 bits per heavy atom. The monoisotopic (exact) mass is 261 g/mol. The van der Waals surface area contributed by atoms with Crippen LogP contribution in [0.1, 0.15) is 37.2 Å². The standard InChI is InChI=1S/C14H23N5/c1-4-6-15-8-12-9-16-19(10-12)11-14-7-13(5-2)17-18(14)3/h7,9-10,15H,4-6,8,11H2,1-3H3. The molecular weight excluding hydrogens is 238 g/mol. The summed E-state index contributed by atoms with van der Waals surface area (Å²) >= 11 is 0. The largest absolute Gasteiger partial charge is 0.313 e. The van der Waals surface area contributed by atoms with Crippen molar-refractivity contribution < 1.29 is 0 Å². The molecule has 0 radical (unpaired) electrons. The van der Waals surface area contributed by atoms with Crippen LogP contribution in [0.25, 0.3) is 0 Å². The fraction of sp³-hybridized carbons (Fsp3) is 0.571. The van der Waals surface area contributed by atoms with Crippen molar-refractivity contribution in [1.82, 2.24) is 24.9 Å². The molecule has 0 amide bonds. The lowest BCUT2D eigenvalue weighted by Gasteiger charge is -2.02. The van der Waals surface area contributed by atoms with Gasteiger partial charge in [0.2, 0.25) is 0 Å². The molecule has 2 heterocycles. The maximum Gasteiger partial charge on any atom is 0.0828 e. The highest BCUT2D eigenvalue weighted by Gasteiger charge is 2.05. The van der Waals surface area contributed by atoms with Gasteiger partial charge >= 0.3 is 0 Å². The summed E-state index contributed by atoms with van der Waals surface area (Å²) in [6.07, 6.45) is 6.16. The summed E-state index contributed by atoms with van der Waals surface area (Å²) in [6.45, 7) is 7.01. The highest BCUT2D eigenvalue weighted by molar-refractivity contribution is 5.11. The Labute approximate surface area is 114 Å². The molecule has 0 unspecified atom stereocenters. The van der Waals surface area contributed by atoms with Crippen LogP contribution in [0.2, 0.25) is 0 Å². The van der Waals surface area contributed by atoms with Crippen LogP contribution in [0.5, 0.6) is 0 Å². The Hall–Kier alpha value is -1.62. The average Bonchev–Trinajstić information content (AvgIpc) is 2.98. The van der Waals surface area contributed by atoms with E-state index in [0.29, 0.717) is 0 Å². The van der Waals surface area contributed by atoms with Crippen LogP contribution in [0, 0.1) is 0 Å². The van der Waals surface area contributed by atoms with E-state index in [-0.39, 0.29) is 0 Å². The lowest BCUT2D eigenvalue weighted by atomic mass is 10.3. The zero-order valence-corrected chi connectivity index (χ0v) is 12.1. The van der Waals surface area contributed by atoms with E-state index in [0.717, 1.165) is 38.2 Å². The zero-order chi connectivity index (χ0) is 13.7. The van der Waals surface area contributed by atoms with E-state index < -0.39 is 0 Å². The molecule has 2 aromatic rings. The number of hydrogen-bond donors (Lipinski definition) is 1. The molecule has 0 fully saturated rings. The van der Waals surface area contributed by atoms with Gasteiger partial charge in [0.25, 0.3) is 0 Å². The van der Waals surface area contributed by atoms with Crippen molar-refractivity contribution in [3.8, 4) is 0 Å². The minimum absolute atomic E-state index is 0.775. The van der Waals surface area contributed by atoms with Gasteiger partial charge in [-0.2, -0.15) is 10.2 Å². The van der Waals surface area contributed by atoms with Gasteiger partial charge in [0.15, 0.2) is 0 Å². The highest BCUT2D eigenvalue weighted by Crippen LogP contribution is 2.07. The van der Waals surface area contributed by atoms with Gasteiger partial charge < -0.3 is 5.32 Å². The van der Waals surface area contributed by atoms with Crippen LogP contribution >= 0.6 is 0 Å². The number of nitrogens with zero attached hydrogens (tertiary/aromatic N) is 4. The fourth-order valence-electron chi connectivity index (χ4n) is 2.05. The van der Waals surface area contributed by atoms with E-state index in [1.165, 1.54) is 11.3 Å². The molecule has 0 bridgehead atoms. The quantitative estimate of drug-likeness (QED) is 0.772. The van der Waals surface area contributed by atoms with Gasteiger partial charge in [0, 0.05) is 25.4 Å². The Bertz CT molecular complexity index is 512. The van der Waals surface area contributed by atoms with E-state index in [4.69, 9.17) is 0 Å². The molecule has 0 aliphatic carbocycles. The first-order valence-electron chi connectivity index (χ1n) is 6.96. The van der Waals surface area contributed by atoms with Crippen molar-refractivity contribution >= 4 is 0 Å². The molecule has 0 spiro atoms. The Balaban J connectivity index is 1.97. The van der Waals surface area contributed by atoms with Crippen molar-refractivity contribution in [2.24, 2.45) is 7.05 Å². The van der Waals surface area contributed by atoms with Gasteiger partial charge in [-0.1, -0.05) is 13.8 Å². The first-order chi connectivity index (χ1) is 9.22. The van der Waals surface area contributed by atoms with Crippen molar-refractivity contribution in [1.29, 1.82) is 0 Å².